The van der Waals surface area contributed by atoms with Crippen molar-refractivity contribution in [3.05, 3.63) is 120 Å². The van der Waals surface area contributed by atoms with E-state index in [-0.39, 0.29) is 6.10 Å². The maximum Gasteiger partial charge on any atom is 0.119 e. The third-order valence-corrected chi connectivity index (χ3v) is 6.61. The minimum atomic E-state index is 0.143. The summed E-state index contributed by atoms with van der Waals surface area (Å²) < 4.78 is 18.0. The third kappa shape index (κ3) is 6.54. The predicted octanol–water partition coefficient (Wildman–Crippen LogP) is 6.52. The van der Waals surface area contributed by atoms with Gasteiger partial charge in [0.25, 0.3) is 0 Å². The molecule has 1 saturated heterocycles. The average Bonchev–Trinajstić information content (AvgIpc) is 2.95. The Balaban J connectivity index is 1.11. The Hall–Kier alpha value is -3.60. The molecular weight excluding hydrogens is 446 g/mol. The van der Waals surface area contributed by atoms with Gasteiger partial charge in [0.15, 0.2) is 0 Å². The van der Waals surface area contributed by atoms with Crippen LogP contribution in [0.1, 0.15) is 23.5 Å². The zero-order valence-corrected chi connectivity index (χ0v) is 20.5. The molecule has 1 N–H and O–H groups in total. The molecule has 0 aromatic heterocycles. The number of hydrogen-bond donors (Lipinski definition) is 1. The van der Waals surface area contributed by atoms with Gasteiger partial charge in [0.2, 0.25) is 0 Å². The lowest BCUT2D eigenvalue weighted by molar-refractivity contribution is 0.0106. The van der Waals surface area contributed by atoms with E-state index in [9.17, 15) is 0 Å². The summed E-state index contributed by atoms with van der Waals surface area (Å²) in [6.07, 6.45) is 5.17. The van der Waals surface area contributed by atoms with Crippen LogP contribution >= 0.6 is 0 Å². The van der Waals surface area contributed by atoms with E-state index in [1.807, 2.05) is 42.5 Å². The molecule has 4 nitrogen and oxygen atoms in total. The van der Waals surface area contributed by atoms with Gasteiger partial charge < -0.3 is 19.5 Å². The molecular formula is C32H33NO3. The summed E-state index contributed by atoms with van der Waals surface area (Å²) in [7, 11) is 0. The molecule has 0 aliphatic carbocycles. The smallest absolute Gasteiger partial charge is 0.119 e. The summed E-state index contributed by atoms with van der Waals surface area (Å²) >= 11 is 0. The third-order valence-electron chi connectivity index (χ3n) is 6.61. The lowest BCUT2D eigenvalue weighted by Gasteiger charge is -2.32. The molecule has 1 aliphatic rings. The zero-order valence-electron chi connectivity index (χ0n) is 20.5. The Morgan fingerprint density at radius 3 is 2.19 bits per heavy atom. The van der Waals surface area contributed by atoms with Gasteiger partial charge in [-0.25, -0.2) is 0 Å². The van der Waals surface area contributed by atoms with E-state index in [4.69, 9.17) is 14.2 Å². The highest BCUT2D eigenvalue weighted by Crippen LogP contribution is 2.30. The Morgan fingerprint density at radius 1 is 0.722 bits per heavy atom. The number of ether oxygens (including phenoxy) is 3. The van der Waals surface area contributed by atoms with Crippen LogP contribution in [0.4, 0.5) is 0 Å². The van der Waals surface area contributed by atoms with Crippen LogP contribution in [0.5, 0.6) is 11.5 Å². The summed E-state index contributed by atoms with van der Waals surface area (Å²) in [5, 5.41) is 6.02. The fourth-order valence-electron chi connectivity index (χ4n) is 4.67. The number of para-hydroxylation sites is 1. The van der Waals surface area contributed by atoms with E-state index in [2.05, 4.69) is 72.0 Å². The molecule has 0 bridgehead atoms. The van der Waals surface area contributed by atoms with Gasteiger partial charge in [-0.05, 0) is 77.3 Å². The van der Waals surface area contributed by atoms with Crippen LogP contribution in [-0.2, 0) is 11.3 Å². The SMILES string of the molecule is C(=C\COc1ccc(C2CCNCC2OCc2ccc3ccccc3c2)cc1)/COc1ccccc1. The average molecular weight is 480 g/mol. The predicted molar refractivity (Wildman–Crippen MR) is 146 cm³/mol. The van der Waals surface area contributed by atoms with Crippen molar-refractivity contribution in [2.45, 2.75) is 25.0 Å². The molecule has 184 valence electrons. The summed E-state index contributed by atoms with van der Waals surface area (Å²) in [4.78, 5) is 0. The standard InChI is InChI=1S/C32H33NO3/c1-2-10-29(11-3-1)34-20-6-7-21-35-30-16-14-27(15-17-30)31-18-19-33-23-32(31)36-24-25-12-13-26-8-4-5-9-28(26)22-25/h1-17,22,31-33H,18-21,23-24H2/b7-6+. The van der Waals surface area contributed by atoms with Crippen LogP contribution in [0, 0.1) is 0 Å². The summed E-state index contributed by atoms with van der Waals surface area (Å²) in [5.74, 6) is 2.11. The van der Waals surface area contributed by atoms with Crippen LogP contribution in [0.15, 0.2) is 109 Å². The molecule has 4 aromatic rings. The Labute approximate surface area is 213 Å². The van der Waals surface area contributed by atoms with E-state index in [1.165, 1.54) is 21.9 Å². The highest BCUT2D eigenvalue weighted by Gasteiger charge is 2.27. The van der Waals surface area contributed by atoms with Gasteiger partial charge in [0, 0.05) is 12.5 Å². The fourth-order valence-corrected chi connectivity index (χ4v) is 4.67. The lowest BCUT2D eigenvalue weighted by atomic mass is 9.87. The first kappa shape index (κ1) is 24.1. The second-order valence-corrected chi connectivity index (χ2v) is 9.11. The highest BCUT2D eigenvalue weighted by molar-refractivity contribution is 5.82. The van der Waals surface area contributed by atoms with Crippen LogP contribution in [-0.4, -0.2) is 32.4 Å². The molecule has 0 saturated carbocycles. The zero-order chi connectivity index (χ0) is 24.4. The molecule has 36 heavy (non-hydrogen) atoms. The second-order valence-electron chi connectivity index (χ2n) is 9.11. The molecule has 2 atom stereocenters. The molecule has 1 aliphatic heterocycles. The van der Waals surface area contributed by atoms with Gasteiger partial charge >= 0.3 is 0 Å². The van der Waals surface area contributed by atoms with E-state index in [0.717, 1.165) is 31.0 Å². The van der Waals surface area contributed by atoms with Crippen molar-refractivity contribution in [2.24, 2.45) is 0 Å². The van der Waals surface area contributed by atoms with E-state index >= 15 is 0 Å². The van der Waals surface area contributed by atoms with Gasteiger partial charge in [-0.1, -0.05) is 66.7 Å². The van der Waals surface area contributed by atoms with Crippen LogP contribution in [0.2, 0.25) is 0 Å². The molecule has 4 aromatic carbocycles. The number of nitrogens with one attached hydrogen (secondary N) is 1. The van der Waals surface area contributed by atoms with Gasteiger partial charge in [-0.2, -0.15) is 0 Å². The number of fused-ring (bicyclic) bond motifs is 1. The summed E-state index contributed by atoms with van der Waals surface area (Å²) in [6, 6.07) is 33.3. The minimum absolute atomic E-state index is 0.143. The first-order chi connectivity index (χ1) is 17.8. The van der Waals surface area contributed by atoms with Crippen molar-refractivity contribution in [1.82, 2.24) is 5.32 Å². The van der Waals surface area contributed by atoms with Crippen molar-refractivity contribution in [3.63, 3.8) is 0 Å². The highest BCUT2D eigenvalue weighted by atomic mass is 16.5. The molecule has 0 radical (unpaired) electrons. The maximum atomic E-state index is 6.43. The summed E-state index contributed by atoms with van der Waals surface area (Å²) in [5.41, 5.74) is 2.52. The van der Waals surface area contributed by atoms with E-state index in [1.54, 1.807) is 0 Å². The van der Waals surface area contributed by atoms with Crippen molar-refractivity contribution < 1.29 is 14.2 Å². The molecule has 2 unspecified atom stereocenters. The summed E-state index contributed by atoms with van der Waals surface area (Å²) in [6.45, 7) is 3.54. The van der Waals surface area contributed by atoms with Gasteiger partial charge in [-0.15, -0.1) is 0 Å². The number of hydrogen-bond acceptors (Lipinski definition) is 4. The van der Waals surface area contributed by atoms with Crippen molar-refractivity contribution in [1.29, 1.82) is 0 Å². The molecule has 0 spiro atoms. The van der Waals surface area contributed by atoms with Crippen molar-refractivity contribution in [2.75, 3.05) is 26.3 Å². The quantitative estimate of drug-likeness (QED) is 0.263. The molecule has 5 rings (SSSR count). The first-order valence-corrected chi connectivity index (χ1v) is 12.7. The Bertz CT molecular complexity index is 1250. The largest absolute Gasteiger partial charge is 0.490 e. The van der Waals surface area contributed by atoms with E-state index < -0.39 is 0 Å². The van der Waals surface area contributed by atoms with Crippen molar-refractivity contribution in [3.8, 4) is 11.5 Å². The molecule has 4 heteroatoms. The van der Waals surface area contributed by atoms with Gasteiger partial charge in [0.1, 0.15) is 24.7 Å². The minimum Gasteiger partial charge on any atom is -0.490 e. The molecule has 0 amide bonds. The lowest BCUT2D eigenvalue weighted by Crippen LogP contribution is -2.40. The number of piperidine rings is 1. The van der Waals surface area contributed by atoms with Crippen LogP contribution in [0.3, 0.4) is 0 Å². The van der Waals surface area contributed by atoms with Gasteiger partial charge in [-0.3, -0.25) is 0 Å². The van der Waals surface area contributed by atoms with Crippen LogP contribution < -0.4 is 14.8 Å². The first-order valence-electron chi connectivity index (χ1n) is 12.7. The molecule has 1 fully saturated rings. The van der Waals surface area contributed by atoms with Crippen LogP contribution in [0.25, 0.3) is 10.8 Å². The van der Waals surface area contributed by atoms with Crippen molar-refractivity contribution >= 4 is 10.8 Å². The fraction of sp³-hybridized carbons (Fsp3) is 0.250. The Kier molecular flexibility index (Phi) is 8.30. The molecule has 1 heterocycles. The number of benzene rings is 4. The second kappa shape index (κ2) is 12.4. The monoisotopic (exact) mass is 479 g/mol. The van der Waals surface area contributed by atoms with Gasteiger partial charge in [0.05, 0.1) is 12.7 Å². The topological polar surface area (TPSA) is 39.7 Å². The Morgan fingerprint density at radius 2 is 1.42 bits per heavy atom. The number of rotatable bonds is 10. The normalized spacial score (nSPS) is 17.9. The maximum absolute atomic E-state index is 6.43. The van der Waals surface area contributed by atoms with E-state index in [0.29, 0.717) is 25.7 Å².